The largest absolute Gasteiger partial charge is 0.411 e. The first-order chi connectivity index (χ1) is 8.28. The molecule has 1 saturated heterocycles. The Morgan fingerprint density at radius 3 is 2.39 bits per heavy atom. The maximum Gasteiger partial charge on any atom is 0.411 e. The SMILES string of the molecule is C[C@@H]1CN(C(=O)CCOCC(F)(F)F)C[C@@H](C)N1. The van der Waals surface area contributed by atoms with Crippen molar-refractivity contribution in [3.05, 3.63) is 0 Å². The molecule has 18 heavy (non-hydrogen) atoms. The van der Waals surface area contributed by atoms with E-state index < -0.39 is 12.8 Å². The number of hydrogen-bond donors (Lipinski definition) is 1. The van der Waals surface area contributed by atoms with Gasteiger partial charge in [0.1, 0.15) is 6.61 Å². The van der Waals surface area contributed by atoms with Crippen LogP contribution in [0.25, 0.3) is 0 Å². The summed E-state index contributed by atoms with van der Waals surface area (Å²) in [5.41, 5.74) is 0. The summed E-state index contributed by atoms with van der Waals surface area (Å²) in [6.45, 7) is 3.62. The molecule has 1 heterocycles. The van der Waals surface area contributed by atoms with E-state index in [1.54, 1.807) is 4.90 Å². The normalized spacial score (nSPS) is 25.3. The Hall–Kier alpha value is -0.820. The summed E-state index contributed by atoms with van der Waals surface area (Å²) in [5, 5.41) is 3.28. The molecule has 2 atom stereocenters. The van der Waals surface area contributed by atoms with Crippen molar-refractivity contribution in [2.45, 2.75) is 38.5 Å². The molecule has 1 rings (SSSR count). The second-order valence-corrected chi connectivity index (χ2v) is 4.69. The van der Waals surface area contributed by atoms with Crippen LogP contribution in [0.15, 0.2) is 0 Å². The van der Waals surface area contributed by atoms with Crippen molar-refractivity contribution in [1.82, 2.24) is 10.2 Å². The third kappa shape index (κ3) is 5.68. The minimum Gasteiger partial charge on any atom is -0.372 e. The third-order valence-electron chi connectivity index (χ3n) is 2.64. The van der Waals surface area contributed by atoms with Gasteiger partial charge < -0.3 is 15.0 Å². The number of amides is 1. The topological polar surface area (TPSA) is 41.6 Å². The molecule has 1 aliphatic rings. The lowest BCUT2D eigenvalue weighted by Crippen LogP contribution is -2.55. The van der Waals surface area contributed by atoms with E-state index in [1.165, 1.54) is 0 Å². The molecule has 0 aromatic carbocycles. The molecule has 1 fully saturated rings. The zero-order valence-electron chi connectivity index (χ0n) is 10.6. The van der Waals surface area contributed by atoms with Crippen molar-refractivity contribution in [3.8, 4) is 0 Å². The molecule has 106 valence electrons. The van der Waals surface area contributed by atoms with E-state index >= 15 is 0 Å². The van der Waals surface area contributed by atoms with Crippen LogP contribution in [0.3, 0.4) is 0 Å². The molecule has 1 N–H and O–H groups in total. The molecule has 1 aliphatic heterocycles. The number of hydrogen-bond acceptors (Lipinski definition) is 3. The molecule has 0 radical (unpaired) electrons. The van der Waals surface area contributed by atoms with Crippen molar-refractivity contribution in [1.29, 1.82) is 0 Å². The first-order valence-electron chi connectivity index (χ1n) is 5.96. The van der Waals surface area contributed by atoms with E-state index in [-0.39, 0.29) is 31.0 Å². The first kappa shape index (κ1) is 15.2. The van der Waals surface area contributed by atoms with Crippen molar-refractivity contribution >= 4 is 5.91 Å². The second-order valence-electron chi connectivity index (χ2n) is 4.69. The fourth-order valence-corrected chi connectivity index (χ4v) is 2.04. The number of nitrogens with one attached hydrogen (secondary N) is 1. The van der Waals surface area contributed by atoms with Gasteiger partial charge in [-0.25, -0.2) is 0 Å². The standard InChI is InChI=1S/C11H19F3N2O2/c1-8-5-16(6-9(2)15-8)10(17)3-4-18-7-11(12,13)14/h8-9,15H,3-7H2,1-2H3/t8-,9-/m1/s1. The fourth-order valence-electron chi connectivity index (χ4n) is 2.04. The quantitative estimate of drug-likeness (QED) is 0.778. The molecule has 0 aromatic heterocycles. The summed E-state index contributed by atoms with van der Waals surface area (Å²) in [7, 11) is 0. The highest BCUT2D eigenvalue weighted by Crippen LogP contribution is 2.14. The van der Waals surface area contributed by atoms with Crippen molar-refractivity contribution in [3.63, 3.8) is 0 Å². The fraction of sp³-hybridized carbons (Fsp3) is 0.909. The van der Waals surface area contributed by atoms with Gasteiger partial charge in [-0.05, 0) is 13.8 Å². The Balaban J connectivity index is 2.24. The van der Waals surface area contributed by atoms with E-state index in [1.807, 2.05) is 13.8 Å². The Morgan fingerprint density at radius 1 is 1.33 bits per heavy atom. The number of nitrogens with zero attached hydrogens (tertiary/aromatic N) is 1. The minimum atomic E-state index is -4.33. The van der Waals surface area contributed by atoms with E-state index in [4.69, 9.17) is 0 Å². The second kappa shape index (κ2) is 6.38. The molecule has 0 aromatic rings. The van der Waals surface area contributed by atoms with Crippen LogP contribution in [-0.2, 0) is 9.53 Å². The molecule has 0 unspecified atom stereocenters. The number of rotatable bonds is 4. The van der Waals surface area contributed by atoms with Gasteiger partial charge in [-0.3, -0.25) is 4.79 Å². The average molecular weight is 268 g/mol. The van der Waals surface area contributed by atoms with Gasteiger partial charge in [-0.1, -0.05) is 0 Å². The zero-order chi connectivity index (χ0) is 13.8. The lowest BCUT2D eigenvalue weighted by Gasteiger charge is -2.36. The lowest BCUT2D eigenvalue weighted by molar-refractivity contribution is -0.175. The highest BCUT2D eigenvalue weighted by molar-refractivity contribution is 5.76. The van der Waals surface area contributed by atoms with Gasteiger partial charge in [-0.15, -0.1) is 0 Å². The monoisotopic (exact) mass is 268 g/mol. The number of alkyl halides is 3. The van der Waals surface area contributed by atoms with Crippen LogP contribution in [0.5, 0.6) is 0 Å². The Labute approximate surface area is 104 Å². The Morgan fingerprint density at radius 2 is 1.89 bits per heavy atom. The van der Waals surface area contributed by atoms with E-state index in [9.17, 15) is 18.0 Å². The van der Waals surface area contributed by atoms with Crippen LogP contribution in [0.4, 0.5) is 13.2 Å². The minimum absolute atomic E-state index is 0.00444. The predicted molar refractivity (Wildman–Crippen MR) is 60.1 cm³/mol. The number of ether oxygens (including phenoxy) is 1. The molecular weight excluding hydrogens is 249 g/mol. The van der Waals surface area contributed by atoms with Crippen LogP contribution in [-0.4, -0.2) is 55.4 Å². The zero-order valence-corrected chi connectivity index (χ0v) is 10.6. The number of halogens is 3. The smallest absolute Gasteiger partial charge is 0.372 e. The van der Waals surface area contributed by atoms with Gasteiger partial charge in [0.2, 0.25) is 5.91 Å². The van der Waals surface area contributed by atoms with Gasteiger partial charge in [0.15, 0.2) is 0 Å². The van der Waals surface area contributed by atoms with Crippen LogP contribution in [0, 0.1) is 0 Å². The van der Waals surface area contributed by atoms with Gasteiger partial charge in [0, 0.05) is 25.2 Å². The molecule has 0 spiro atoms. The number of carbonyl (C=O) groups excluding carboxylic acids is 1. The Bertz CT molecular complexity index is 274. The van der Waals surface area contributed by atoms with Crippen molar-refractivity contribution in [2.24, 2.45) is 0 Å². The summed E-state index contributed by atoms with van der Waals surface area (Å²) in [5.74, 6) is -0.155. The molecule has 0 aliphatic carbocycles. The maximum absolute atomic E-state index is 11.8. The summed E-state index contributed by atoms with van der Waals surface area (Å²) >= 11 is 0. The summed E-state index contributed by atoms with van der Waals surface area (Å²) in [6, 6.07) is 0.405. The number of carbonyl (C=O) groups is 1. The van der Waals surface area contributed by atoms with Crippen LogP contribution in [0.1, 0.15) is 20.3 Å². The van der Waals surface area contributed by atoms with E-state index in [0.29, 0.717) is 13.1 Å². The van der Waals surface area contributed by atoms with Gasteiger partial charge in [-0.2, -0.15) is 13.2 Å². The first-order valence-corrected chi connectivity index (χ1v) is 5.96. The van der Waals surface area contributed by atoms with Gasteiger partial charge >= 0.3 is 6.18 Å². The summed E-state index contributed by atoms with van der Waals surface area (Å²) in [4.78, 5) is 13.4. The van der Waals surface area contributed by atoms with Crippen LogP contribution >= 0.6 is 0 Å². The van der Waals surface area contributed by atoms with Crippen LogP contribution in [0.2, 0.25) is 0 Å². The van der Waals surface area contributed by atoms with Crippen molar-refractivity contribution in [2.75, 3.05) is 26.3 Å². The van der Waals surface area contributed by atoms with E-state index in [2.05, 4.69) is 10.1 Å². The molecule has 1 amide bonds. The summed E-state index contributed by atoms with van der Waals surface area (Å²) < 4.78 is 39.9. The molecule has 0 bridgehead atoms. The third-order valence-corrected chi connectivity index (χ3v) is 2.64. The molecule has 0 saturated carbocycles. The highest BCUT2D eigenvalue weighted by atomic mass is 19.4. The predicted octanol–water partition coefficient (Wildman–Crippen LogP) is 1.16. The average Bonchev–Trinajstić information content (AvgIpc) is 2.21. The summed E-state index contributed by atoms with van der Waals surface area (Å²) in [6.07, 6.45) is -4.34. The maximum atomic E-state index is 11.8. The Kier molecular flexibility index (Phi) is 5.40. The van der Waals surface area contributed by atoms with Gasteiger partial charge in [0.25, 0.3) is 0 Å². The molecule has 7 heteroatoms. The van der Waals surface area contributed by atoms with Crippen LogP contribution < -0.4 is 5.32 Å². The molecule has 4 nitrogen and oxygen atoms in total. The highest BCUT2D eigenvalue weighted by Gasteiger charge is 2.28. The lowest BCUT2D eigenvalue weighted by atomic mass is 10.1. The van der Waals surface area contributed by atoms with Gasteiger partial charge in [0.05, 0.1) is 13.0 Å². The van der Waals surface area contributed by atoms with E-state index in [0.717, 1.165) is 0 Å². The van der Waals surface area contributed by atoms with Crippen molar-refractivity contribution < 1.29 is 22.7 Å². The molecular formula is C11H19F3N2O2. The number of piperazine rings is 1.